The van der Waals surface area contributed by atoms with Gasteiger partial charge in [-0.1, -0.05) is 29.8 Å². The number of hydrogen-bond acceptors (Lipinski definition) is 5. The lowest BCUT2D eigenvalue weighted by atomic mass is 10.2. The average molecular weight is 407 g/mol. The van der Waals surface area contributed by atoms with E-state index in [-0.39, 0.29) is 11.9 Å². The smallest absolute Gasteiger partial charge is 0.318 e. The number of hydrogen-bond donors (Lipinski definition) is 2. The minimum absolute atomic E-state index is 0.349. The summed E-state index contributed by atoms with van der Waals surface area (Å²) >= 11 is 8.05. The fourth-order valence-corrected chi connectivity index (χ4v) is 4.57. The van der Waals surface area contributed by atoms with Crippen molar-refractivity contribution in [2.24, 2.45) is 5.73 Å². The Morgan fingerprint density at radius 3 is 2.56 bits per heavy atom. The lowest BCUT2D eigenvalue weighted by Gasteiger charge is -2.37. The predicted molar refractivity (Wildman–Crippen MR) is 109 cm³/mol. The van der Waals surface area contributed by atoms with Gasteiger partial charge in [-0.05, 0) is 25.1 Å². The molecule has 6 nitrogen and oxygen atoms in total. The highest BCUT2D eigenvalue weighted by atomic mass is 35.5. The highest BCUT2D eigenvalue weighted by Gasteiger charge is 2.26. The minimum atomic E-state index is -0.808. The van der Waals surface area contributed by atoms with E-state index < -0.39 is 6.03 Å². The predicted octanol–water partition coefficient (Wildman–Crippen LogP) is 2.77. The van der Waals surface area contributed by atoms with Gasteiger partial charge in [0.05, 0.1) is 6.04 Å². The molecule has 2 aromatic rings. The normalized spacial score (nSPS) is 16.8. The number of imide groups is 1. The summed E-state index contributed by atoms with van der Waals surface area (Å²) in [6.45, 7) is 5.96. The second kappa shape index (κ2) is 8.84. The molecular formula is C19H23ClN4O2S. The molecule has 1 saturated heterocycles. The molecule has 2 heterocycles. The number of nitrogens with two attached hydrogens (primary N) is 1. The number of thiophene rings is 1. The van der Waals surface area contributed by atoms with E-state index in [0.29, 0.717) is 0 Å². The summed E-state index contributed by atoms with van der Waals surface area (Å²) in [7, 11) is 0. The van der Waals surface area contributed by atoms with Crippen molar-refractivity contribution in [3.05, 3.63) is 46.3 Å². The van der Waals surface area contributed by atoms with Gasteiger partial charge < -0.3 is 5.73 Å². The molecule has 8 heteroatoms. The van der Waals surface area contributed by atoms with Gasteiger partial charge in [-0.3, -0.25) is 19.9 Å². The third kappa shape index (κ3) is 5.07. The summed E-state index contributed by atoms with van der Waals surface area (Å²) in [6.07, 6.45) is 0. The van der Waals surface area contributed by atoms with Crippen molar-refractivity contribution < 1.29 is 9.59 Å². The molecule has 3 amide bonds. The Kier molecular flexibility index (Phi) is 6.49. The molecule has 0 aliphatic carbocycles. The SMILES string of the molecule is C[C@H](C(=O)NC(N)=O)N1CCN(Cc2ccc(-c3ccccc3Cl)s2)CC1. The fraction of sp³-hybridized carbons (Fsp3) is 0.368. The Labute approximate surface area is 167 Å². The highest BCUT2D eigenvalue weighted by molar-refractivity contribution is 7.15. The molecule has 1 aromatic carbocycles. The number of primary amides is 1. The molecule has 0 radical (unpaired) electrons. The second-order valence-corrected chi connectivity index (χ2v) is 8.16. The van der Waals surface area contributed by atoms with Crippen LogP contribution in [0, 0.1) is 0 Å². The van der Waals surface area contributed by atoms with Crippen molar-refractivity contribution in [3.63, 3.8) is 0 Å². The first kappa shape index (κ1) is 19.8. The number of rotatable bonds is 5. The first-order chi connectivity index (χ1) is 12.9. The average Bonchev–Trinajstić information content (AvgIpc) is 3.10. The highest BCUT2D eigenvalue weighted by Crippen LogP contribution is 2.33. The molecule has 0 unspecified atom stereocenters. The van der Waals surface area contributed by atoms with Gasteiger partial charge in [-0.25, -0.2) is 4.79 Å². The molecule has 1 aromatic heterocycles. The summed E-state index contributed by atoms with van der Waals surface area (Å²) in [6, 6.07) is 11.0. The largest absolute Gasteiger partial charge is 0.351 e. The molecule has 0 bridgehead atoms. The molecule has 3 rings (SSSR count). The molecule has 0 spiro atoms. The monoisotopic (exact) mass is 406 g/mol. The maximum atomic E-state index is 11.9. The van der Waals surface area contributed by atoms with Gasteiger partial charge in [-0.2, -0.15) is 0 Å². The second-order valence-electron chi connectivity index (χ2n) is 6.59. The number of carbonyl (C=O) groups excluding carboxylic acids is 2. The Bertz CT molecular complexity index is 818. The zero-order valence-corrected chi connectivity index (χ0v) is 16.7. The number of benzene rings is 1. The van der Waals surface area contributed by atoms with Gasteiger partial charge >= 0.3 is 6.03 Å². The van der Waals surface area contributed by atoms with Crippen LogP contribution in [0.2, 0.25) is 5.02 Å². The number of nitrogens with one attached hydrogen (secondary N) is 1. The van der Waals surface area contributed by atoms with E-state index in [4.69, 9.17) is 17.3 Å². The van der Waals surface area contributed by atoms with E-state index in [9.17, 15) is 9.59 Å². The maximum Gasteiger partial charge on any atom is 0.318 e. The molecule has 1 aliphatic heterocycles. The van der Waals surface area contributed by atoms with Crippen molar-refractivity contribution >= 4 is 34.9 Å². The number of piperazine rings is 1. The third-order valence-corrected chi connectivity index (χ3v) is 6.19. The number of nitrogens with zero attached hydrogens (tertiary/aromatic N) is 2. The minimum Gasteiger partial charge on any atom is -0.351 e. The van der Waals surface area contributed by atoms with Gasteiger partial charge in [0, 0.05) is 53.1 Å². The zero-order chi connectivity index (χ0) is 19.4. The van der Waals surface area contributed by atoms with Crippen LogP contribution in [0.15, 0.2) is 36.4 Å². The van der Waals surface area contributed by atoms with Crippen molar-refractivity contribution in [2.75, 3.05) is 26.2 Å². The molecule has 1 fully saturated rings. The molecule has 144 valence electrons. The summed E-state index contributed by atoms with van der Waals surface area (Å²) < 4.78 is 0. The Morgan fingerprint density at radius 2 is 1.89 bits per heavy atom. The van der Waals surface area contributed by atoms with Crippen LogP contribution in [0.5, 0.6) is 0 Å². The summed E-state index contributed by atoms with van der Waals surface area (Å²) in [5.74, 6) is -0.349. The van der Waals surface area contributed by atoms with E-state index in [2.05, 4.69) is 27.2 Å². The van der Waals surface area contributed by atoms with E-state index in [1.165, 1.54) is 9.75 Å². The quantitative estimate of drug-likeness (QED) is 0.800. The summed E-state index contributed by atoms with van der Waals surface area (Å²) in [5, 5.41) is 2.92. The number of amides is 3. The topological polar surface area (TPSA) is 78.7 Å². The lowest BCUT2D eigenvalue weighted by Crippen LogP contribution is -2.54. The molecular weight excluding hydrogens is 384 g/mol. The molecule has 0 saturated carbocycles. The first-order valence-corrected chi connectivity index (χ1v) is 10.0. The summed E-state index contributed by atoms with van der Waals surface area (Å²) in [4.78, 5) is 29.7. The zero-order valence-electron chi connectivity index (χ0n) is 15.2. The fourth-order valence-electron chi connectivity index (χ4n) is 3.19. The van der Waals surface area contributed by atoms with Crippen LogP contribution in [-0.4, -0.2) is 54.0 Å². The standard InChI is InChI=1S/C19H23ClN4O2S/c1-13(18(25)22-19(21)26)24-10-8-23(9-11-24)12-14-6-7-17(27-14)15-4-2-3-5-16(15)20/h2-7,13H,8-12H2,1H3,(H3,21,22,25,26)/t13-/m1/s1. The van der Waals surface area contributed by atoms with Crippen LogP contribution in [0.1, 0.15) is 11.8 Å². The van der Waals surface area contributed by atoms with Gasteiger partial charge in [-0.15, -0.1) is 11.3 Å². The van der Waals surface area contributed by atoms with Crippen molar-refractivity contribution in [1.82, 2.24) is 15.1 Å². The van der Waals surface area contributed by atoms with Crippen molar-refractivity contribution in [1.29, 1.82) is 0 Å². The molecule has 27 heavy (non-hydrogen) atoms. The number of urea groups is 1. The van der Waals surface area contributed by atoms with Gasteiger partial charge in [0.2, 0.25) is 5.91 Å². The van der Waals surface area contributed by atoms with Crippen molar-refractivity contribution in [2.45, 2.75) is 19.5 Å². The molecule has 1 atom stereocenters. The van der Waals surface area contributed by atoms with Gasteiger partial charge in [0.25, 0.3) is 0 Å². The van der Waals surface area contributed by atoms with E-state index >= 15 is 0 Å². The van der Waals surface area contributed by atoms with E-state index in [1.807, 2.05) is 24.3 Å². The van der Waals surface area contributed by atoms with Crippen LogP contribution < -0.4 is 11.1 Å². The first-order valence-electron chi connectivity index (χ1n) is 8.84. The number of halogens is 1. The maximum absolute atomic E-state index is 11.9. The van der Waals surface area contributed by atoms with Crippen LogP contribution in [-0.2, 0) is 11.3 Å². The lowest BCUT2D eigenvalue weighted by molar-refractivity contribution is -0.125. The van der Waals surface area contributed by atoms with Crippen LogP contribution >= 0.6 is 22.9 Å². The molecule has 1 aliphatic rings. The van der Waals surface area contributed by atoms with Crippen molar-refractivity contribution in [3.8, 4) is 10.4 Å². The summed E-state index contributed by atoms with van der Waals surface area (Å²) in [5.41, 5.74) is 6.08. The Balaban J connectivity index is 1.53. The molecule has 3 N–H and O–H groups in total. The van der Waals surface area contributed by atoms with E-state index in [1.54, 1.807) is 18.3 Å². The van der Waals surface area contributed by atoms with Gasteiger partial charge in [0.15, 0.2) is 0 Å². The van der Waals surface area contributed by atoms with Crippen LogP contribution in [0.3, 0.4) is 0 Å². The third-order valence-electron chi connectivity index (χ3n) is 4.76. The van der Waals surface area contributed by atoms with Crippen LogP contribution in [0.4, 0.5) is 4.79 Å². The number of carbonyl (C=O) groups is 2. The van der Waals surface area contributed by atoms with Gasteiger partial charge in [0.1, 0.15) is 0 Å². The van der Waals surface area contributed by atoms with E-state index in [0.717, 1.165) is 43.3 Å². The Morgan fingerprint density at radius 1 is 1.19 bits per heavy atom. The van der Waals surface area contributed by atoms with Crippen LogP contribution in [0.25, 0.3) is 10.4 Å². The Hall–Kier alpha value is -1.93.